The van der Waals surface area contributed by atoms with Gasteiger partial charge in [0.15, 0.2) is 5.78 Å². The molecular weight excluding hydrogens is 460 g/mol. The van der Waals surface area contributed by atoms with Gasteiger partial charge in [-0.15, -0.1) is 0 Å². The van der Waals surface area contributed by atoms with E-state index >= 15 is 0 Å². The second kappa shape index (κ2) is 11.2. The van der Waals surface area contributed by atoms with Crippen LogP contribution in [-0.4, -0.2) is 25.3 Å². The molecule has 0 aliphatic rings. The van der Waals surface area contributed by atoms with E-state index in [2.05, 4.69) is 34.0 Å². The topological polar surface area (TPSA) is 80.6 Å². The molecule has 186 valence electrons. The molecule has 37 heavy (non-hydrogen) atoms. The molecule has 0 aliphatic heterocycles. The van der Waals surface area contributed by atoms with Crippen LogP contribution in [0.4, 0.5) is 0 Å². The largest absolute Gasteiger partial charge is 0.358 e. The van der Waals surface area contributed by atoms with Crippen LogP contribution in [0.5, 0.6) is 0 Å². The van der Waals surface area contributed by atoms with Gasteiger partial charge in [0.25, 0.3) is 5.56 Å². The molecule has 0 radical (unpaired) electrons. The normalized spacial score (nSPS) is 11.2. The number of nitrogens with one attached hydrogen (secondary N) is 1. The fourth-order valence-corrected chi connectivity index (χ4v) is 4.73. The molecule has 0 atom stereocenters. The first-order valence-electron chi connectivity index (χ1n) is 12.7. The second-order valence-corrected chi connectivity index (χ2v) is 9.42. The number of ketones is 1. The lowest BCUT2D eigenvalue weighted by Gasteiger charge is -2.14. The number of rotatable bonds is 10. The summed E-state index contributed by atoms with van der Waals surface area (Å²) >= 11 is 0. The van der Waals surface area contributed by atoms with Crippen LogP contribution in [0.2, 0.25) is 0 Å². The van der Waals surface area contributed by atoms with Crippen LogP contribution in [0.3, 0.4) is 0 Å². The maximum absolute atomic E-state index is 13.5. The van der Waals surface area contributed by atoms with Crippen LogP contribution in [0.25, 0.3) is 22.2 Å². The summed E-state index contributed by atoms with van der Waals surface area (Å²) in [5, 5.41) is 1.03. The first-order chi connectivity index (χ1) is 18.1. The van der Waals surface area contributed by atoms with Crippen molar-refractivity contribution in [2.24, 2.45) is 0 Å². The minimum Gasteiger partial charge on any atom is -0.358 e. The summed E-state index contributed by atoms with van der Waals surface area (Å²) in [7, 11) is 0. The number of aromatic nitrogens is 4. The van der Waals surface area contributed by atoms with E-state index in [1.807, 2.05) is 54.6 Å². The number of carbonyl (C=O) groups is 1. The number of hydrogen-bond acceptors (Lipinski definition) is 4. The first-order valence-corrected chi connectivity index (χ1v) is 12.7. The molecule has 5 aromatic rings. The Morgan fingerprint density at radius 1 is 0.946 bits per heavy atom. The minimum atomic E-state index is -0.184. The highest BCUT2D eigenvalue weighted by Crippen LogP contribution is 2.19. The Labute approximate surface area is 216 Å². The molecule has 6 heteroatoms. The highest BCUT2D eigenvalue weighted by molar-refractivity contribution is 5.81. The van der Waals surface area contributed by atoms with Crippen molar-refractivity contribution in [3.63, 3.8) is 0 Å². The zero-order chi connectivity index (χ0) is 25.6. The van der Waals surface area contributed by atoms with Crippen LogP contribution in [0.15, 0.2) is 90.1 Å². The van der Waals surface area contributed by atoms with Crippen LogP contribution in [0, 0.1) is 6.92 Å². The highest BCUT2D eigenvalue weighted by atomic mass is 16.1. The monoisotopic (exact) mass is 490 g/mol. The van der Waals surface area contributed by atoms with Crippen LogP contribution < -0.4 is 5.56 Å². The first kappa shape index (κ1) is 24.4. The number of H-pyrrole nitrogens is 1. The van der Waals surface area contributed by atoms with Crippen molar-refractivity contribution < 1.29 is 4.79 Å². The average Bonchev–Trinajstić information content (AvgIpc) is 3.34. The third-order valence-corrected chi connectivity index (χ3v) is 6.80. The molecular formula is C31H30N4O2. The van der Waals surface area contributed by atoms with Crippen molar-refractivity contribution in [1.29, 1.82) is 0 Å². The van der Waals surface area contributed by atoms with E-state index in [1.165, 1.54) is 11.1 Å². The molecule has 0 saturated carbocycles. The molecule has 3 aromatic heterocycles. The number of fused-ring (bicyclic) bond motifs is 1. The van der Waals surface area contributed by atoms with E-state index in [9.17, 15) is 9.59 Å². The Morgan fingerprint density at radius 3 is 2.57 bits per heavy atom. The number of aryl methyl sites for hydroxylation is 4. The zero-order valence-electron chi connectivity index (χ0n) is 21.0. The van der Waals surface area contributed by atoms with E-state index in [-0.39, 0.29) is 17.9 Å². The summed E-state index contributed by atoms with van der Waals surface area (Å²) in [4.78, 5) is 38.6. The van der Waals surface area contributed by atoms with Gasteiger partial charge < -0.3 is 4.98 Å². The van der Waals surface area contributed by atoms with E-state index in [1.54, 1.807) is 23.2 Å². The Morgan fingerprint density at radius 2 is 1.76 bits per heavy atom. The van der Waals surface area contributed by atoms with Crippen molar-refractivity contribution in [3.8, 4) is 11.3 Å². The second-order valence-electron chi connectivity index (χ2n) is 9.42. The van der Waals surface area contributed by atoms with Gasteiger partial charge in [-0.3, -0.25) is 24.1 Å². The molecule has 0 spiro atoms. The van der Waals surface area contributed by atoms with Crippen molar-refractivity contribution in [1.82, 2.24) is 19.5 Å². The van der Waals surface area contributed by atoms with Gasteiger partial charge in [0, 0.05) is 35.4 Å². The maximum Gasteiger partial charge on any atom is 0.273 e. The van der Waals surface area contributed by atoms with Gasteiger partial charge in [0.2, 0.25) is 0 Å². The Kier molecular flexibility index (Phi) is 7.36. The lowest BCUT2D eigenvalue weighted by atomic mass is 10.0. The summed E-state index contributed by atoms with van der Waals surface area (Å²) < 4.78 is 1.60. The number of benzene rings is 2. The van der Waals surface area contributed by atoms with Crippen molar-refractivity contribution in [2.75, 3.05) is 0 Å². The van der Waals surface area contributed by atoms with E-state index in [0.717, 1.165) is 35.0 Å². The predicted octanol–water partition coefficient (Wildman–Crippen LogP) is 5.47. The molecule has 3 heterocycles. The number of Topliss-reactive ketones (excluding diaryl/α,β-unsaturated/α-hetero) is 1. The fraction of sp³-hybridized carbons (Fsp3) is 0.226. The average molecular weight is 491 g/mol. The third-order valence-electron chi connectivity index (χ3n) is 6.80. The molecule has 0 aliphatic carbocycles. The summed E-state index contributed by atoms with van der Waals surface area (Å²) in [6.45, 7) is 2.13. The molecule has 1 N–H and O–H groups in total. The quantitative estimate of drug-likeness (QED) is 0.281. The van der Waals surface area contributed by atoms with Gasteiger partial charge in [-0.2, -0.15) is 0 Å². The Balaban J connectivity index is 1.34. The molecule has 0 saturated heterocycles. The van der Waals surface area contributed by atoms with Gasteiger partial charge in [0.05, 0.1) is 18.4 Å². The van der Waals surface area contributed by atoms with E-state index < -0.39 is 0 Å². The minimum absolute atomic E-state index is 0.00752. The van der Waals surface area contributed by atoms with Gasteiger partial charge >= 0.3 is 0 Å². The summed E-state index contributed by atoms with van der Waals surface area (Å²) in [6, 6.07) is 21.9. The highest BCUT2D eigenvalue weighted by Gasteiger charge is 2.15. The van der Waals surface area contributed by atoms with Crippen molar-refractivity contribution in [2.45, 2.75) is 45.6 Å². The van der Waals surface area contributed by atoms with E-state index in [4.69, 9.17) is 0 Å². The number of nitrogens with zero attached hydrogens (tertiary/aromatic N) is 3. The summed E-state index contributed by atoms with van der Waals surface area (Å²) in [5.74, 6) is 0.00752. The lowest BCUT2D eigenvalue weighted by molar-refractivity contribution is -0.119. The molecule has 0 unspecified atom stereocenters. The van der Waals surface area contributed by atoms with Crippen molar-refractivity contribution >= 4 is 16.7 Å². The molecule has 6 nitrogen and oxygen atoms in total. The zero-order valence-corrected chi connectivity index (χ0v) is 21.0. The molecule has 0 amide bonds. The smallest absolute Gasteiger partial charge is 0.273 e. The predicted molar refractivity (Wildman–Crippen MR) is 147 cm³/mol. The molecule has 0 fully saturated rings. The molecule has 0 bridgehead atoms. The van der Waals surface area contributed by atoms with Gasteiger partial charge in [-0.05, 0) is 61.4 Å². The van der Waals surface area contributed by atoms with E-state index in [0.29, 0.717) is 30.7 Å². The van der Waals surface area contributed by atoms with Gasteiger partial charge in [0.1, 0.15) is 5.69 Å². The Bertz CT molecular complexity index is 1550. The van der Waals surface area contributed by atoms with Crippen molar-refractivity contribution in [3.05, 3.63) is 118 Å². The molecule has 5 rings (SSSR count). The maximum atomic E-state index is 13.5. The number of carbonyl (C=O) groups excluding carboxylic acids is 1. The number of pyridine rings is 1. The van der Waals surface area contributed by atoms with Gasteiger partial charge in [-0.1, -0.05) is 54.6 Å². The number of aromatic amines is 1. The summed E-state index contributed by atoms with van der Waals surface area (Å²) in [5.41, 5.74) is 6.38. The lowest BCUT2D eigenvalue weighted by Crippen LogP contribution is -2.29. The fourth-order valence-electron chi connectivity index (χ4n) is 4.73. The van der Waals surface area contributed by atoms with Crippen LogP contribution in [0.1, 0.15) is 35.4 Å². The molecule has 2 aromatic carbocycles. The number of hydrogen-bond donors (Lipinski definition) is 1. The summed E-state index contributed by atoms with van der Waals surface area (Å²) in [6.07, 6.45) is 8.47. The SMILES string of the molecule is Cc1ccccc1CCCc1ncc(-c2ccccc2)n(CC(=O)CCc2cc3cnccc3[nH]2)c1=O. The van der Waals surface area contributed by atoms with Gasteiger partial charge in [-0.25, -0.2) is 0 Å². The van der Waals surface area contributed by atoms with Crippen LogP contribution in [-0.2, 0) is 30.6 Å². The third kappa shape index (κ3) is 5.75. The van der Waals surface area contributed by atoms with Crippen LogP contribution >= 0.6 is 0 Å². The standard InChI is InChI=1S/C31H30N4O2/c1-22-8-5-6-9-23(22)12-7-13-29-31(37)35(30(20-33-29)24-10-3-2-4-11-24)21-27(36)15-14-26-18-25-19-32-17-16-28(25)34-26/h2-6,8-11,16-20,34H,7,12-15,21H2,1H3. The Hall–Kier alpha value is -4.32.